The highest BCUT2D eigenvalue weighted by Crippen LogP contribution is 2.25. The molecule has 0 atom stereocenters. The van der Waals surface area contributed by atoms with Gasteiger partial charge in [-0.15, -0.1) is 0 Å². The third-order valence-corrected chi connectivity index (χ3v) is 3.12. The minimum atomic E-state index is -1.35. The van der Waals surface area contributed by atoms with Gasteiger partial charge in [0.1, 0.15) is 0 Å². The molecular formula is C14H15NO3. The molecule has 0 saturated carbocycles. The van der Waals surface area contributed by atoms with Gasteiger partial charge in [0, 0.05) is 25.7 Å². The second-order valence-electron chi connectivity index (χ2n) is 4.42. The molecule has 0 saturated heterocycles. The molecule has 1 N–H and O–H groups in total. The summed E-state index contributed by atoms with van der Waals surface area (Å²) in [6.07, 6.45) is 2.54. The van der Waals surface area contributed by atoms with Crippen molar-refractivity contribution in [2.24, 2.45) is 0 Å². The summed E-state index contributed by atoms with van der Waals surface area (Å²) in [4.78, 5) is 23.6. The fourth-order valence-corrected chi connectivity index (χ4v) is 2.08. The number of benzene rings is 1. The summed E-state index contributed by atoms with van der Waals surface area (Å²) in [6, 6.07) is 8.07. The molecule has 94 valence electrons. The highest BCUT2D eigenvalue weighted by Gasteiger charge is 2.17. The molecule has 18 heavy (non-hydrogen) atoms. The number of fused-ring (bicyclic) bond motifs is 1. The Kier molecular flexibility index (Phi) is 3.46. The fourth-order valence-electron chi connectivity index (χ4n) is 2.08. The third-order valence-electron chi connectivity index (χ3n) is 3.12. The van der Waals surface area contributed by atoms with Crippen LogP contribution < -0.4 is 0 Å². The summed E-state index contributed by atoms with van der Waals surface area (Å²) in [6.45, 7) is 0.795. The van der Waals surface area contributed by atoms with Crippen molar-refractivity contribution in [3.8, 4) is 0 Å². The summed E-state index contributed by atoms with van der Waals surface area (Å²) in [5.74, 6) is -2.09. The van der Waals surface area contributed by atoms with Crippen molar-refractivity contribution in [3.05, 3.63) is 41.1 Å². The van der Waals surface area contributed by atoms with Crippen molar-refractivity contribution < 1.29 is 14.7 Å². The van der Waals surface area contributed by atoms with Crippen LogP contribution in [0.25, 0.3) is 6.08 Å². The van der Waals surface area contributed by atoms with Crippen LogP contribution in [-0.4, -0.2) is 28.8 Å². The highest BCUT2D eigenvalue weighted by atomic mass is 16.4. The number of carbonyl (C=O) groups excluding carboxylic acids is 1. The molecule has 1 aromatic carbocycles. The van der Waals surface area contributed by atoms with Gasteiger partial charge in [-0.05, 0) is 23.6 Å². The lowest BCUT2D eigenvalue weighted by atomic mass is 9.99. The van der Waals surface area contributed by atoms with Gasteiger partial charge < -0.3 is 10.0 Å². The molecule has 1 aliphatic rings. The Balaban J connectivity index is 2.12. The quantitative estimate of drug-likeness (QED) is 0.823. The Labute approximate surface area is 106 Å². The monoisotopic (exact) mass is 245 g/mol. The number of Topliss-reactive ketones (excluding diaryl/α,β-unsaturated/α-hetero) is 1. The van der Waals surface area contributed by atoms with Crippen LogP contribution in [0.1, 0.15) is 24.0 Å². The summed E-state index contributed by atoms with van der Waals surface area (Å²) in [7, 11) is 1.95. The molecule has 2 rings (SSSR count). The topological polar surface area (TPSA) is 57.6 Å². The Bertz CT molecular complexity index is 520. The van der Waals surface area contributed by atoms with Crippen LogP contribution in [0.4, 0.5) is 0 Å². The SMILES string of the molecule is CN1Cc2ccccc2C=C1CCC(=O)C(=O)O. The Morgan fingerprint density at radius 3 is 2.78 bits per heavy atom. The van der Waals surface area contributed by atoms with Gasteiger partial charge in [-0.3, -0.25) is 4.79 Å². The second-order valence-corrected chi connectivity index (χ2v) is 4.42. The zero-order valence-electron chi connectivity index (χ0n) is 10.2. The van der Waals surface area contributed by atoms with Gasteiger partial charge in [0.25, 0.3) is 0 Å². The van der Waals surface area contributed by atoms with E-state index >= 15 is 0 Å². The van der Waals surface area contributed by atoms with Crippen LogP contribution in [0, 0.1) is 0 Å². The number of rotatable bonds is 4. The molecule has 0 spiro atoms. The second kappa shape index (κ2) is 5.04. The Morgan fingerprint density at radius 2 is 2.06 bits per heavy atom. The summed E-state index contributed by atoms with van der Waals surface area (Å²) in [5, 5.41) is 8.55. The van der Waals surface area contributed by atoms with Crippen molar-refractivity contribution >= 4 is 17.8 Å². The maximum atomic E-state index is 11.1. The van der Waals surface area contributed by atoms with E-state index in [2.05, 4.69) is 11.0 Å². The smallest absolute Gasteiger partial charge is 0.372 e. The molecule has 0 radical (unpaired) electrons. The van der Waals surface area contributed by atoms with Crippen molar-refractivity contribution in [2.75, 3.05) is 7.05 Å². The summed E-state index contributed by atoms with van der Waals surface area (Å²) in [5.41, 5.74) is 3.39. The van der Waals surface area contributed by atoms with Gasteiger partial charge >= 0.3 is 5.97 Å². The Hall–Kier alpha value is -2.10. The van der Waals surface area contributed by atoms with Crippen molar-refractivity contribution in [1.82, 2.24) is 4.90 Å². The van der Waals surface area contributed by atoms with Crippen LogP contribution in [0.15, 0.2) is 30.0 Å². The van der Waals surface area contributed by atoms with Crippen LogP contribution in [-0.2, 0) is 16.1 Å². The van der Waals surface area contributed by atoms with Crippen LogP contribution in [0.2, 0.25) is 0 Å². The summed E-state index contributed by atoms with van der Waals surface area (Å²) >= 11 is 0. The molecule has 0 fully saturated rings. The van der Waals surface area contributed by atoms with Gasteiger partial charge in [-0.1, -0.05) is 24.3 Å². The first-order chi connectivity index (χ1) is 8.58. The number of hydrogen-bond donors (Lipinski definition) is 1. The molecule has 4 heteroatoms. The molecule has 4 nitrogen and oxygen atoms in total. The number of carboxylic acid groups (broad SMARTS) is 1. The average molecular weight is 245 g/mol. The van der Waals surface area contributed by atoms with E-state index in [0.29, 0.717) is 6.42 Å². The first-order valence-corrected chi connectivity index (χ1v) is 5.83. The molecule has 1 heterocycles. The van der Waals surface area contributed by atoms with Crippen LogP contribution >= 0.6 is 0 Å². The number of carbonyl (C=O) groups is 2. The lowest BCUT2D eigenvalue weighted by Gasteiger charge is -2.28. The van der Waals surface area contributed by atoms with Gasteiger partial charge in [0.15, 0.2) is 0 Å². The molecule has 0 unspecified atom stereocenters. The zero-order valence-corrected chi connectivity index (χ0v) is 10.2. The Morgan fingerprint density at radius 1 is 1.33 bits per heavy atom. The van der Waals surface area contributed by atoms with Gasteiger partial charge in [0.05, 0.1) is 0 Å². The van der Waals surface area contributed by atoms with Gasteiger partial charge in [-0.25, -0.2) is 4.79 Å². The standard InChI is InChI=1S/C14H15NO3/c1-15-9-11-5-3-2-4-10(11)8-12(15)6-7-13(16)14(17)18/h2-5,8H,6-7,9H2,1H3,(H,17,18). The molecule has 1 aliphatic heterocycles. The van der Waals surface area contributed by atoms with E-state index in [1.807, 2.05) is 31.3 Å². The maximum absolute atomic E-state index is 11.1. The van der Waals surface area contributed by atoms with Crippen molar-refractivity contribution in [3.63, 3.8) is 0 Å². The van der Waals surface area contributed by atoms with Crippen LogP contribution in [0.5, 0.6) is 0 Å². The minimum absolute atomic E-state index is 0.0493. The minimum Gasteiger partial charge on any atom is -0.476 e. The largest absolute Gasteiger partial charge is 0.476 e. The highest BCUT2D eigenvalue weighted by molar-refractivity contribution is 6.32. The number of carboxylic acids is 1. The maximum Gasteiger partial charge on any atom is 0.372 e. The fraction of sp³-hybridized carbons (Fsp3) is 0.286. The van der Waals surface area contributed by atoms with Crippen LogP contribution in [0.3, 0.4) is 0 Å². The normalized spacial score (nSPS) is 13.8. The summed E-state index contributed by atoms with van der Waals surface area (Å²) < 4.78 is 0. The first kappa shape index (κ1) is 12.4. The predicted octanol–water partition coefficient (Wildman–Crippen LogP) is 1.91. The lowest BCUT2D eigenvalue weighted by Crippen LogP contribution is -2.22. The van der Waals surface area contributed by atoms with E-state index in [-0.39, 0.29) is 6.42 Å². The first-order valence-electron chi connectivity index (χ1n) is 5.83. The van der Waals surface area contributed by atoms with Gasteiger partial charge in [-0.2, -0.15) is 0 Å². The zero-order chi connectivity index (χ0) is 13.1. The molecule has 0 aromatic heterocycles. The van der Waals surface area contributed by atoms with E-state index in [0.717, 1.165) is 17.8 Å². The molecule has 1 aromatic rings. The number of aliphatic carboxylic acids is 1. The van der Waals surface area contributed by atoms with E-state index in [9.17, 15) is 9.59 Å². The van der Waals surface area contributed by atoms with E-state index < -0.39 is 11.8 Å². The molecular weight excluding hydrogens is 230 g/mol. The van der Waals surface area contributed by atoms with Crippen molar-refractivity contribution in [2.45, 2.75) is 19.4 Å². The van der Waals surface area contributed by atoms with Crippen molar-refractivity contribution in [1.29, 1.82) is 0 Å². The molecule has 0 bridgehead atoms. The number of allylic oxidation sites excluding steroid dienone is 1. The molecule has 0 aliphatic carbocycles. The average Bonchev–Trinajstić information content (AvgIpc) is 2.35. The van der Waals surface area contributed by atoms with E-state index in [1.54, 1.807) is 0 Å². The van der Waals surface area contributed by atoms with Gasteiger partial charge in [0.2, 0.25) is 5.78 Å². The predicted molar refractivity (Wildman–Crippen MR) is 67.8 cm³/mol. The third kappa shape index (κ3) is 2.59. The number of hydrogen-bond acceptors (Lipinski definition) is 3. The number of nitrogens with zero attached hydrogens (tertiary/aromatic N) is 1. The molecule has 0 amide bonds. The lowest BCUT2D eigenvalue weighted by molar-refractivity contribution is -0.149. The number of ketones is 1. The van der Waals surface area contributed by atoms with E-state index in [4.69, 9.17) is 5.11 Å². The van der Waals surface area contributed by atoms with E-state index in [1.165, 1.54) is 5.56 Å².